The molecule has 0 unspecified atom stereocenters. The van der Waals surface area contributed by atoms with Gasteiger partial charge in [-0.15, -0.1) is 0 Å². The fourth-order valence-corrected chi connectivity index (χ4v) is 2.76. The molecule has 5 nitrogen and oxygen atoms in total. The van der Waals surface area contributed by atoms with Gasteiger partial charge >= 0.3 is 12.0 Å². The summed E-state index contributed by atoms with van der Waals surface area (Å²) in [6.45, 7) is 0.184. The van der Waals surface area contributed by atoms with Gasteiger partial charge in [-0.3, -0.25) is 4.79 Å². The molecule has 0 saturated carbocycles. The number of carboxylic acid groups (broad SMARTS) is 1. The Labute approximate surface area is 126 Å². The van der Waals surface area contributed by atoms with E-state index in [1.165, 1.54) is 16.0 Å². The van der Waals surface area contributed by atoms with Crippen molar-refractivity contribution in [2.45, 2.75) is 25.7 Å². The Balaban J connectivity index is 2.02. The van der Waals surface area contributed by atoms with Crippen molar-refractivity contribution in [2.24, 2.45) is 0 Å². The third-order valence-corrected chi connectivity index (χ3v) is 4.09. The summed E-state index contributed by atoms with van der Waals surface area (Å²) in [7, 11) is 1.58. The molecule has 0 radical (unpaired) electrons. The number of benzene rings is 1. The van der Waals surface area contributed by atoms with Crippen LogP contribution in [-0.4, -0.2) is 35.6 Å². The Bertz CT molecular complexity index is 545. The standard InChI is InChI=1S/C14H17BrN2O3/c1-17(6-5-13(18)19)14(20)16-12-8-10-4-2-3-9(10)7-11(12)15/h7-8H,2-6H2,1H3,(H,16,20)(H,18,19). The molecule has 2 amide bonds. The minimum absolute atomic E-state index is 0.0602. The van der Waals surface area contributed by atoms with Crippen molar-refractivity contribution < 1.29 is 14.7 Å². The molecular weight excluding hydrogens is 324 g/mol. The summed E-state index contributed by atoms with van der Waals surface area (Å²) < 4.78 is 0.859. The number of carbonyl (C=O) groups excluding carboxylic acids is 1. The summed E-state index contributed by atoms with van der Waals surface area (Å²) in [6, 6.07) is 3.75. The number of hydrogen-bond acceptors (Lipinski definition) is 2. The second kappa shape index (κ2) is 6.26. The number of aryl methyl sites for hydroxylation is 2. The van der Waals surface area contributed by atoms with E-state index in [0.29, 0.717) is 0 Å². The van der Waals surface area contributed by atoms with Crippen LogP contribution in [0.1, 0.15) is 24.0 Å². The highest BCUT2D eigenvalue weighted by Gasteiger charge is 2.16. The minimum atomic E-state index is -0.914. The highest BCUT2D eigenvalue weighted by atomic mass is 79.9. The summed E-state index contributed by atoms with van der Waals surface area (Å²) in [5.41, 5.74) is 3.34. The van der Waals surface area contributed by atoms with Gasteiger partial charge in [-0.2, -0.15) is 0 Å². The Morgan fingerprint density at radius 1 is 1.35 bits per heavy atom. The van der Waals surface area contributed by atoms with Crippen molar-refractivity contribution >= 4 is 33.6 Å². The molecule has 1 aromatic rings. The lowest BCUT2D eigenvalue weighted by atomic mass is 10.1. The van der Waals surface area contributed by atoms with Crippen LogP contribution in [0, 0.1) is 0 Å². The van der Waals surface area contributed by atoms with Gasteiger partial charge < -0.3 is 15.3 Å². The van der Waals surface area contributed by atoms with E-state index in [2.05, 4.69) is 27.3 Å². The van der Waals surface area contributed by atoms with E-state index < -0.39 is 5.97 Å². The summed E-state index contributed by atoms with van der Waals surface area (Å²) in [5.74, 6) is -0.914. The number of carbonyl (C=O) groups is 2. The fourth-order valence-electron chi connectivity index (χ4n) is 2.27. The SMILES string of the molecule is CN(CCC(=O)O)C(=O)Nc1cc2c(cc1Br)CCC2. The lowest BCUT2D eigenvalue weighted by Gasteiger charge is -2.18. The van der Waals surface area contributed by atoms with Gasteiger partial charge in [-0.05, 0) is 58.5 Å². The first-order valence-electron chi connectivity index (χ1n) is 6.52. The van der Waals surface area contributed by atoms with E-state index in [1.54, 1.807) is 7.05 Å². The monoisotopic (exact) mass is 340 g/mol. The molecule has 1 aromatic carbocycles. The number of aliphatic carboxylic acids is 1. The largest absolute Gasteiger partial charge is 0.481 e. The molecule has 20 heavy (non-hydrogen) atoms. The highest BCUT2D eigenvalue weighted by molar-refractivity contribution is 9.10. The molecule has 1 aliphatic carbocycles. The summed E-state index contributed by atoms with van der Waals surface area (Å²) in [4.78, 5) is 23.8. The van der Waals surface area contributed by atoms with E-state index in [1.807, 2.05) is 6.07 Å². The maximum absolute atomic E-state index is 12.0. The number of urea groups is 1. The molecule has 6 heteroatoms. The maximum atomic E-state index is 12.0. The average Bonchev–Trinajstić information content (AvgIpc) is 2.83. The van der Waals surface area contributed by atoms with Gasteiger partial charge in [-0.1, -0.05) is 0 Å². The van der Waals surface area contributed by atoms with Gasteiger partial charge in [0.05, 0.1) is 12.1 Å². The Hall–Kier alpha value is -1.56. The molecule has 0 atom stereocenters. The number of fused-ring (bicyclic) bond motifs is 1. The van der Waals surface area contributed by atoms with E-state index in [0.717, 1.165) is 29.4 Å². The molecule has 0 aliphatic heterocycles. The molecule has 2 N–H and O–H groups in total. The van der Waals surface area contributed by atoms with Crippen LogP contribution < -0.4 is 5.32 Å². The number of rotatable bonds is 4. The predicted octanol–water partition coefficient (Wildman–Crippen LogP) is 2.88. The second-order valence-electron chi connectivity index (χ2n) is 4.95. The number of carboxylic acids is 1. The van der Waals surface area contributed by atoms with E-state index >= 15 is 0 Å². The van der Waals surface area contributed by atoms with Crippen LogP contribution in [-0.2, 0) is 17.6 Å². The van der Waals surface area contributed by atoms with Gasteiger partial charge in [0, 0.05) is 18.1 Å². The first-order chi connectivity index (χ1) is 9.47. The molecule has 0 spiro atoms. The third kappa shape index (κ3) is 3.50. The number of nitrogens with zero attached hydrogens (tertiary/aromatic N) is 1. The quantitative estimate of drug-likeness (QED) is 0.885. The van der Waals surface area contributed by atoms with E-state index in [4.69, 9.17) is 5.11 Å². The van der Waals surface area contributed by atoms with Gasteiger partial charge in [0.15, 0.2) is 0 Å². The zero-order valence-corrected chi connectivity index (χ0v) is 12.9. The molecular formula is C14H17BrN2O3. The third-order valence-electron chi connectivity index (χ3n) is 3.43. The Morgan fingerprint density at radius 2 is 2.00 bits per heavy atom. The number of amides is 2. The zero-order valence-electron chi connectivity index (χ0n) is 11.3. The van der Waals surface area contributed by atoms with Crippen molar-refractivity contribution in [3.05, 3.63) is 27.7 Å². The smallest absolute Gasteiger partial charge is 0.321 e. The summed E-state index contributed by atoms with van der Waals surface area (Å²) >= 11 is 3.46. The molecule has 0 heterocycles. The topological polar surface area (TPSA) is 69.6 Å². The van der Waals surface area contributed by atoms with Crippen molar-refractivity contribution in [3.63, 3.8) is 0 Å². The lowest BCUT2D eigenvalue weighted by molar-refractivity contribution is -0.137. The van der Waals surface area contributed by atoms with Gasteiger partial charge in [0.25, 0.3) is 0 Å². The molecule has 0 fully saturated rings. The Kier molecular flexibility index (Phi) is 4.65. The minimum Gasteiger partial charge on any atom is -0.481 e. The van der Waals surface area contributed by atoms with Gasteiger partial charge in [0.1, 0.15) is 0 Å². The average molecular weight is 341 g/mol. The first kappa shape index (κ1) is 14.8. The molecule has 1 aliphatic rings. The molecule has 0 aromatic heterocycles. The molecule has 0 saturated heterocycles. The molecule has 2 rings (SSSR count). The van der Waals surface area contributed by atoms with Crippen LogP contribution in [0.2, 0.25) is 0 Å². The van der Waals surface area contributed by atoms with Crippen LogP contribution in [0.15, 0.2) is 16.6 Å². The van der Waals surface area contributed by atoms with Gasteiger partial charge in [-0.25, -0.2) is 4.79 Å². The number of hydrogen-bond donors (Lipinski definition) is 2. The number of anilines is 1. The van der Waals surface area contributed by atoms with Crippen LogP contribution in [0.3, 0.4) is 0 Å². The van der Waals surface area contributed by atoms with Crippen LogP contribution in [0.25, 0.3) is 0 Å². The summed E-state index contributed by atoms with van der Waals surface area (Å²) in [6.07, 6.45) is 3.22. The van der Waals surface area contributed by atoms with Crippen molar-refractivity contribution in [2.75, 3.05) is 18.9 Å². The lowest BCUT2D eigenvalue weighted by Crippen LogP contribution is -2.33. The van der Waals surface area contributed by atoms with Gasteiger partial charge in [0.2, 0.25) is 0 Å². The zero-order chi connectivity index (χ0) is 14.7. The number of halogens is 1. The van der Waals surface area contributed by atoms with Crippen LogP contribution in [0.4, 0.5) is 10.5 Å². The summed E-state index contributed by atoms with van der Waals surface area (Å²) in [5, 5.41) is 11.4. The fraction of sp³-hybridized carbons (Fsp3) is 0.429. The van der Waals surface area contributed by atoms with Crippen molar-refractivity contribution in [3.8, 4) is 0 Å². The van der Waals surface area contributed by atoms with Crippen LogP contribution in [0.5, 0.6) is 0 Å². The molecule has 108 valence electrons. The number of nitrogens with one attached hydrogen (secondary N) is 1. The van der Waals surface area contributed by atoms with Crippen molar-refractivity contribution in [1.29, 1.82) is 0 Å². The van der Waals surface area contributed by atoms with E-state index in [-0.39, 0.29) is 19.0 Å². The molecule has 0 bridgehead atoms. The van der Waals surface area contributed by atoms with Crippen LogP contribution >= 0.6 is 15.9 Å². The van der Waals surface area contributed by atoms with Crippen molar-refractivity contribution in [1.82, 2.24) is 4.90 Å². The first-order valence-corrected chi connectivity index (χ1v) is 7.32. The normalized spacial score (nSPS) is 12.9. The maximum Gasteiger partial charge on any atom is 0.321 e. The Morgan fingerprint density at radius 3 is 2.65 bits per heavy atom. The van der Waals surface area contributed by atoms with E-state index in [9.17, 15) is 9.59 Å². The predicted molar refractivity (Wildman–Crippen MR) is 80.1 cm³/mol. The second-order valence-corrected chi connectivity index (χ2v) is 5.80. The highest BCUT2D eigenvalue weighted by Crippen LogP contribution is 2.31.